The molecule has 0 saturated heterocycles. The molecule has 0 aliphatic carbocycles. The zero-order valence-corrected chi connectivity index (χ0v) is 9.76. The number of hydrogen-bond donors (Lipinski definition) is 1. The van der Waals surface area contributed by atoms with Crippen LogP contribution in [0.1, 0.15) is 40.0 Å². The molecule has 0 saturated carbocycles. The molecule has 0 amide bonds. The van der Waals surface area contributed by atoms with E-state index < -0.39 is 15.3 Å². The lowest BCUT2D eigenvalue weighted by atomic mass is 10.2. The van der Waals surface area contributed by atoms with Crippen molar-refractivity contribution >= 4 is 10.0 Å². The fourth-order valence-electron chi connectivity index (χ4n) is 1.02. The van der Waals surface area contributed by atoms with Crippen molar-refractivity contribution in [3.8, 4) is 6.07 Å². The Morgan fingerprint density at radius 3 is 2.43 bits per heavy atom. The van der Waals surface area contributed by atoms with Crippen LogP contribution < -0.4 is 4.72 Å². The highest BCUT2D eigenvalue weighted by Crippen LogP contribution is 2.04. The number of unbranched alkanes of at least 4 members (excludes halogenated alkanes) is 1. The van der Waals surface area contributed by atoms with Crippen molar-refractivity contribution in [3.05, 3.63) is 0 Å². The molecule has 0 bridgehead atoms. The van der Waals surface area contributed by atoms with Crippen molar-refractivity contribution in [2.45, 2.75) is 51.3 Å². The summed E-state index contributed by atoms with van der Waals surface area (Å²) < 4.78 is 25.3. The van der Waals surface area contributed by atoms with Gasteiger partial charge in [0.25, 0.3) is 0 Å². The molecule has 0 aromatic heterocycles. The summed E-state index contributed by atoms with van der Waals surface area (Å²) in [6.45, 7) is 5.26. The Labute approximate surface area is 86.4 Å². The number of nitrogens with one attached hydrogen (secondary N) is 1. The van der Waals surface area contributed by atoms with E-state index in [4.69, 9.17) is 5.26 Å². The molecule has 82 valence electrons. The highest BCUT2D eigenvalue weighted by Gasteiger charge is 2.21. The van der Waals surface area contributed by atoms with Crippen molar-refractivity contribution in [2.24, 2.45) is 0 Å². The molecular weight excluding hydrogens is 200 g/mol. The maximum Gasteiger partial charge on any atom is 0.227 e. The van der Waals surface area contributed by atoms with Crippen LogP contribution in [0.3, 0.4) is 0 Å². The molecule has 0 rings (SSSR count). The van der Waals surface area contributed by atoms with Gasteiger partial charge >= 0.3 is 0 Å². The Hall–Kier alpha value is -0.600. The predicted molar refractivity (Wildman–Crippen MR) is 56.1 cm³/mol. The SMILES string of the molecule is CCCCC(C)NS(=O)(=O)C(C)C#N. The number of hydrogen-bond acceptors (Lipinski definition) is 3. The minimum Gasteiger partial charge on any atom is -0.211 e. The molecule has 0 heterocycles. The van der Waals surface area contributed by atoms with Gasteiger partial charge in [0, 0.05) is 6.04 Å². The van der Waals surface area contributed by atoms with Gasteiger partial charge in [0.1, 0.15) is 0 Å². The van der Waals surface area contributed by atoms with Crippen LogP contribution in [0.5, 0.6) is 0 Å². The largest absolute Gasteiger partial charge is 0.227 e. The summed E-state index contributed by atoms with van der Waals surface area (Å²) >= 11 is 0. The van der Waals surface area contributed by atoms with Gasteiger partial charge in [-0.3, -0.25) is 0 Å². The third kappa shape index (κ3) is 4.58. The molecule has 4 nitrogen and oxygen atoms in total. The zero-order chi connectivity index (χ0) is 11.2. The van der Waals surface area contributed by atoms with E-state index in [1.807, 2.05) is 6.92 Å². The van der Waals surface area contributed by atoms with Crippen molar-refractivity contribution < 1.29 is 8.42 Å². The summed E-state index contributed by atoms with van der Waals surface area (Å²) in [6.07, 6.45) is 2.85. The van der Waals surface area contributed by atoms with Crippen LogP contribution in [0.25, 0.3) is 0 Å². The van der Waals surface area contributed by atoms with E-state index in [0.717, 1.165) is 19.3 Å². The standard InChI is InChI=1S/C9H18N2O2S/c1-4-5-6-8(2)11-14(12,13)9(3)7-10/h8-9,11H,4-6H2,1-3H3. The number of nitrogens with zero attached hydrogens (tertiary/aromatic N) is 1. The molecule has 0 fully saturated rings. The third-order valence-corrected chi connectivity index (χ3v) is 3.77. The van der Waals surface area contributed by atoms with Gasteiger partial charge in [-0.25, -0.2) is 13.1 Å². The van der Waals surface area contributed by atoms with Crippen LogP contribution in [0, 0.1) is 11.3 Å². The van der Waals surface area contributed by atoms with Crippen molar-refractivity contribution in [2.75, 3.05) is 0 Å². The van der Waals surface area contributed by atoms with E-state index in [1.165, 1.54) is 6.92 Å². The molecular formula is C9H18N2O2S. The number of rotatable bonds is 6. The lowest BCUT2D eigenvalue weighted by Gasteiger charge is -2.14. The van der Waals surface area contributed by atoms with Gasteiger partial charge in [-0.1, -0.05) is 19.8 Å². The first-order chi connectivity index (χ1) is 6.44. The summed E-state index contributed by atoms with van der Waals surface area (Å²) in [7, 11) is -3.45. The molecule has 0 aliphatic rings. The van der Waals surface area contributed by atoms with Gasteiger partial charge in [-0.05, 0) is 20.3 Å². The molecule has 0 aromatic carbocycles. The second kappa shape index (κ2) is 5.99. The lowest BCUT2D eigenvalue weighted by molar-refractivity contribution is 0.531. The summed E-state index contributed by atoms with van der Waals surface area (Å²) in [5.41, 5.74) is 0. The van der Waals surface area contributed by atoms with E-state index in [-0.39, 0.29) is 6.04 Å². The third-order valence-electron chi connectivity index (χ3n) is 2.00. The quantitative estimate of drug-likeness (QED) is 0.732. The maximum absolute atomic E-state index is 11.4. The second-order valence-corrected chi connectivity index (χ2v) is 5.51. The highest BCUT2D eigenvalue weighted by molar-refractivity contribution is 7.90. The van der Waals surface area contributed by atoms with Crippen LogP contribution in [0.2, 0.25) is 0 Å². The Morgan fingerprint density at radius 2 is 2.00 bits per heavy atom. The van der Waals surface area contributed by atoms with Gasteiger partial charge in [-0.15, -0.1) is 0 Å². The van der Waals surface area contributed by atoms with E-state index in [2.05, 4.69) is 11.6 Å². The average Bonchev–Trinajstić information content (AvgIpc) is 2.12. The molecule has 1 N–H and O–H groups in total. The molecule has 14 heavy (non-hydrogen) atoms. The Morgan fingerprint density at radius 1 is 1.43 bits per heavy atom. The van der Waals surface area contributed by atoms with E-state index in [1.54, 1.807) is 6.07 Å². The molecule has 0 aliphatic heterocycles. The smallest absolute Gasteiger partial charge is 0.211 e. The fourth-order valence-corrected chi connectivity index (χ4v) is 2.04. The first kappa shape index (κ1) is 13.4. The fraction of sp³-hybridized carbons (Fsp3) is 0.889. The van der Waals surface area contributed by atoms with Crippen molar-refractivity contribution in [1.82, 2.24) is 4.72 Å². The molecule has 2 unspecified atom stereocenters. The first-order valence-corrected chi connectivity index (χ1v) is 6.39. The summed E-state index contributed by atoms with van der Waals surface area (Å²) in [4.78, 5) is 0. The topological polar surface area (TPSA) is 70.0 Å². The second-order valence-electron chi connectivity index (χ2n) is 3.48. The molecule has 5 heteroatoms. The maximum atomic E-state index is 11.4. The van der Waals surface area contributed by atoms with Crippen molar-refractivity contribution in [1.29, 1.82) is 5.26 Å². The van der Waals surface area contributed by atoms with Gasteiger partial charge < -0.3 is 0 Å². The Balaban J connectivity index is 4.17. The molecule has 2 atom stereocenters. The van der Waals surface area contributed by atoms with Crippen LogP contribution in [-0.2, 0) is 10.0 Å². The van der Waals surface area contributed by atoms with E-state index >= 15 is 0 Å². The Kier molecular flexibility index (Phi) is 5.73. The van der Waals surface area contributed by atoms with E-state index in [9.17, 15) is 8.42 Å². The monoisotopic (exact) mass is 218 g/mol. The van der Waals surface area contributed by atoms with Crippen LogP contribution in [0.15, 0.2) is 0 Å². The van der Waals surface area contributed by atoms with Crippen LogP contribution in [-0.4, -0.2) is 19.7 Å². The van der Waals surface area contributed by atoms with Crippen LogP contribution >= 0.6 is 0 Å². The van der Waals surface area contributed by atoms with Gasteiger partial charge in [0.2, 0.25) is 10.0 Å². The van der Waals surface area contributed by atoms with Gasteiger partial charge in [0.05, 0.1) is 6.07 Å². The minimum absolute atomic E-state index is 0.0873. The van der Waals surface area contributed by atoms with Gasteiger partial charge in [-0.2, -0.15) is 5.26 Å². The summed E-state index contributed by atoms with van der Waals surface area (Å²) in [5, 5.41) is 7.51. The molecule has 0 spiro atoms. The van der Waals surface area contributed by atoms with E-state index in [0.29, 0.717) is 0 Å². The molecule has 0 radical (unpaired) electrons. The normalized spacial score (nSPS) is 15.9. The Bertz CT molecular complexity index is 292. The number of sulfonamides is 1. The minimum atomic E-state index is -3.45. The highest BCUT2D eigenvalue weighted by atomic mass is 32.2. The molecule has 0 aromatic rings. The van der Waals surface area contributed by atoms with Crippen molar-refractivity contribution in [3.63, 3.8) is 0 Å². The lowest BCUT2D eigenvalue weighted by Crippen LogP contribution is -2.37. The van der Waals surface area contributed by atoms with Gasteiger partial charge in [0.15, 0.2) is 5.25 Å². The zero-order valence-electron chi connectivity index (χ0n) is 8.95. The summed E-state index contributed by atoms with van der Waals surface area (Å²) in [6, 6.07) is 1.63. The predicted octanol–water partition coefficient (Wildman–Crippen LogP) is 1.40. The number of nitriles is 1. The first-order valence-electron chi connectivity index (χ1n) is 4.84. The average molecular weight is 218 g/mol. The van der Waals surface area contributed by atoms with Crippen LogP contribution in [0.4, 0.5) is 0 Å². The summed E-state index contributed by atoms with van der Waals surface area (Å²) in [5.74, 6) is 0.